The number of hydrazine groups is 1. The smallest absolute Gasteiger partial charge is 0.321 e. The normalized spacial score (nSPS) is 16.9. The first-order valence-electron chi connectivity index (χ1n) is 21.3. The fourth-order valence-corrected chi connectivity index (χ4v) is 8.27. The second-order valence-electron chi connectivity index (χ2n) is 16.5. The number of urea groups is 1. The summed E-state index contributed by atoms with van der Waals surface area (Å²) in [6.45, 7) is 11.6. The van der Waals surface area contributed by atoms with Gasteiger partial charge in [-0.15, -0.1) is 0 Å². The Balaban J connectivity index is 1.25. The molecular weight excluding hydrogens is 757 g/mol. The molecule has 6 rings (SSSR count). The van der Waals surface area contributed by atoms with Crippen molar-refractivity contribution in [3.63, 3.8) is 0 Å². The number of aryl methyl sites for hydroxylation is 1. The van der Waals surface area contributed by atoms with Crippen LogP contribution in [0, 0.1) is 18.8 Å². The number of carbonyl (C=O) groups excluding carboxylic acids is 4. The molecule has 2 unspecified atom stereocenters. The van der Waals surface area contributed by atoms with E-state index in [9.17, 15) is 24.3 Å². The zero-order valence-electron chi connectivity index (χ0n) is 35.5. The largest absolute Gasteiger partial charge is 0.390 e. The summed E-state index contributed by atoms with van der Waals surface area (Å²) in [5.41, 5.74) is 8.28. The highest BCUT2D eigenvalue weighted by molar-refractivity contribution is 5.89. The Labute approximate surface area is 354 Å². The van der Waals surface area contributed by atoms with Crippen LogP contribution in [0.5, 0.6) is 0 Å². The molecule has 5 atom stereocenters. The molecule has 0 spiro atoms. The van der Waals surface area contributed by atoms with Gasteiger partial charge in [-0.3, -0.25) is 29.8 Å². The van der Waals surface area contributed by atoms with Crippen LogP contribution in [0.15, 0.2) is 97.2 Å². The highest BCUT2D eigenvalue weighted by Crippen LogP contribution is 2.24. The van der Waals surface area contributed by atoms with Gasteiger partial charge in [0.15, 0.2) is 0 Å². The molecule has 2 saturated heterocycles. The Morgan fingerprint density at radius 2 is 1.58 bits per heavy atom. The standard InChI is InChI=1S/C47H60N8O5/c1-6-33(4)44(55-27-26-52(47(55)60)30-38-17-12-14-34(5)49-38)45(58)50-40(28-35-15-8-7-9-16-35)41(56)31-53(51-46(59)43(32(2)3)54-25-13-19-42(54)57)29-36-20-22-37(23-21-36)39-18-10-11-24-48-39/h7-12,14-18,20-24,32-33,40-41,43-44,56H,6,13,19,25-31H2,1-5H3,(H,50,58)(H,51,59)/t33-,40?,41+,43?,44-/m0/s1. The number of aliphatic hydroxyl groups is 1. The van der Waals surface area contributed by atoms with Crippen LogP contribution >= 0.6 is 0 Å². The van der Waals surface area contributed by atoms with Crippen molar-refractivity contribution in [2.24, 2.45) is 11.8 Å². The molecule has 0 saturated carbocycles. The van der Waals surface area contributed by atoms with Crippen molar-refractivity contribution in [3.05, 3.63) is 120 Å². The highest BCUT2D eigenvalue weighted by atomic mass is 16.3. The Bertz CT molecular complexity index is 2050. The maximum atomic E-state index is 14.6. The van der Waals surface area contributed by atoms with Crippen molar-refractivity contribution in [2.75, 3.05) is 26.2 Å². The second-order valence-corrected chi connectivity index (χ2v) is 16.5. The van der Waals surface area contributed by atoms with Crippen LogP contribution in [0.3, 0.4) is 0 Å². The molecule has 2 aliphatic heterocycles. The quantitative estimate of drug-likeness (QED) is 0.107. The fraction of sp³-hybridized carbons (Fsp3) is 0.447. The van der Waals surface area contributed by atoms with Crippen molar-refractivity contribution in [1.29, 1.82) is 0 Å². The molecule has 60 heavy (non-hydrogen) atoms. The first-order chi connectivity index (χ1) is 28.9. The van der Waals surface area contributed by atoms with Gasteiger partial charge in [0.2, 0.25) is 11.8 Å². The molecule has 2 aliphatic rings. The van der Waals surface area contributed by atoms with E-state index >= 15 is 0 Å². The maximum absolute atomic E-state index is 14.6. The van der Waals surface area contributed by atoms with Gasteiger partial charge < -0.3 is 25.1 Å². The van der Waals surface area contributed by atoms with E-state index in [0.717, 1.165) is 33.8 Å². The third kappa shape index (κ3) is 11.1. The molecule has 3 N–H and O–H groups in total. The SMILES string of the molecule is CC[C@H](C)[C@@H](C(=O)NC(Cc1ccccc1)[C@H](O)CN(Cc1ccc(-c2ccccn2)cc1)NC(=O)C(C(C)C)N1CCCC1=O)N1CCN(Cc2cccc(C)n2)C1=O. The summed E-state index contributed by atoms with van der Waals surface area (Å²) in [6, 6.07) is 26.5. The first-order valence-corrected chi connectivity index (χ1v) is 21.3. The minimum absolute atomic E-state index is 0.0435. The van der Waals surface area contributed by atoms with Crippen LogP contribution in [0.1, 0.15) is 69.5 Å². The van der Waals surface area contributed by atoms with Crippen LogP contribution in [0.2, 0.25) is 0 Å². The summed E-state index contributed by atoms with van der Waals surface area (Å²) in [7, 11) is 0. The average molecular weight is 817 g/mol. The summed E-state index contributed by atoms with van der Waals surface area (Å²) in [5, 5.41) is 17.1. The lowest BCUT2D eigenvalue weighted by molar-refractivity contribution is -0.142. The van der Waals surface area contributed by atoms with Gasteiger partial charge in [0.25, 0.3) is 5.91 Å². The van der Waals surface area contributed by atoms with Crippen molar-refractivity contribution in [3.8, 4) is 11.3 Å². The summed E-state index contributed by atoms with van der Waals surface area (Å²) in [4.78, 5) is 69.6. The molecule has 0 aliphatic carbocycles. The first kappa shape index (κ1) is 43.9. The molecule has 2 aromatic heterocycles. The van der Waals surface area contributed by atoms with E-state index in [1.807, 2.05) is 126 Å². The van der Waals surface area contributed by atoms with E-state index in [1.54, 1.807) is 25.9 Å². The topological polar surface area (TPSA) is 151 Å². The number of amides is 5. The molecule has 13 nitrogen and oxygen atoms in total. The predicted octanol–water partition coefficient (Wildman–Crippen LogP) is 5.37. The number of nitrogens with one attached hydrogen (secondary N) is 2. The molecule has 13 heteroatoms. The molecule has 4 heterocycles. The van der Waals surface area contributed by atoms with Crippen molar-refractivity contribution >= 4 is 23.8 Å². The Morgan fingerprint density at radius 3 is 2.23 bits per heavy atom. The predicted molar refractivity (Wildman–Crippen MR) is 231 cm³/mol. The number of aliphatic hydroxyl groups excluding tert-OH is 1. The van der Waals surface area contributed by atoms with E-state index in [4.69, 9.17) is 0 Å². The fourth-order valence-electron chi connectivity index (χ4n) is 8.27. The van der Waals surface area contributed by atoms with Gasteiger partial charge in [0, 0.05) is 56.6 Å². The van der Waals surface area contributed by atoms with E-state index in [-0.39, 0.29) is 48.7 Å². The average Bonchev–Trinajstić information content (AvgIpc) is 3.82. The van der Waals surface area contributed by atoms with Crippen LogP contribution in [-0.2, 0) is 33.9 Å². The van der Waals surface area contributed by atoms with E-state index in [0.29, 0.717) is 51.9 Å². The van der Waals surface area contributed by atoms with Crippen LogP contribution in [0.25, 0.3) is 11.3 Å². The van der Waals surface area contributed by atoms with E-state index < -0.39 is 24.2 Å². The third-order valence-corrected chi connectivity index (χ3v) is 11.6. The van der Waals surface area contributed by atoms with Gasteiger partial charge in [0.05, 0.1) is 30.1 Å². The number of rotatable bonds is 19. The van der Waals surface area contributed by atoms with Crippen molar-refractivity contribution in [2.45, 2.75) is 97.6 Å². The Kier molecular flexibility index (Phi) is 15.0. The number of aromatic nitrogens is 2. The van der Waals surface area contributed by atoms with Gasteiger partial charge in [-0.25, -0.2) is 9.80 Å². The molecule has 4 aromatic rings. The van der Waals surface area contributed by atoms with Crippen molar-refractivity contribution in [1.82, 2.24) is 40.4 Å². The molecule has 2 fully saturated rings. The Hall–Kier alpha value is -5.66. The lowest BCUT2D eigenvalue weighted by Gasteiger charge is -2.36. The summed E-state index contributed by atoms with van der Waals surface area (Å²) in [6.07, 6.45) is 2.65. The summed E-state index contributed by atoms with van der Waals surface area (Å²) < 4.78 is 0. The zero-order valence-corrected chi connectivity index (χ0v) is 35.5. The van der Waals surface area contributed by atoms with Crippen LogP contribution in [-0.4, -0.2) is 109 Å². The molecule has 318 valence electrons. The molecular formula is C47H60N8O5. The third-order valence-electron chi connectivity index (χ3n) is 11.6. The van der Waals surface area contributed by atoms with Gasteiger partial charge in [0.1, 0.15) is 12.1 Å². The van der Waals surface area contributed by atoms with Crippen LogP contribution < -0.4 is 10.7 Å². The zero-order chi connectivity index (χ0) is 42.8. The molecule has 2 aromatic carbocycles. The molecule has 0 bridgehead atoms. The number of benzene rings is 2. The molecule has 0 radical (unpaired) electrons. The summed E-state index contributed by atoms with van der Waals surface area (Å²) >= 11 is 0. The van der Waals surface area contributed by atoms with E-state index in [1.165, 1.54) is 0 Å². The lowest BCUT2D eigenvalue weighted by Crippen LogP contribution is -2.59. The number of hydrogen-bond acceptors (Lipinski definition) is 8. The van der Waals surface area contributed by atoms with Crippen molar-refractivity contribution < 1.29 is 24.3 Å². The minimum Gasteiger partial charge on any atom is -0.390 e. The number of likely N-dealkylation sites (tertiary alicyclic amines) is 1. The van der Waals surface area contributed by atoms with Crippen LogP contribution in [0.4, 0.5) is 4.79 Å². The number of hydrogen-bond donors (Lipinski definition) is 3. The molecule has 5 amide bonds. The van der Waals surface area contributed by atoms with Gasteiger partial charge >= 0.3 is 6.03 Å². The minimum atomic E-state index is -1.16. The Morgan fingerprint density at radius 1 is 0.833 bits per heavy atom. The van der Waals surface area contributed by atoms with E-state index in [2.05, 4.69) is 20.7 Å². The number of nitrogens with zero attached hydrogens (tertiary/aromatic N) is 6. The highest BCUT2D eigenvalue weighted by Gasteiger charge is 2.41. The monoisotopic (exact) mass is 816 g/mol. The number of pyridine rings is 2. The van der Waals surface area contributed by atoms with Gasteiger partial charge in [-0.1, -0.05) is 101 Å². The lowest BCUT2D eigenvalue weighted by atomic mass is 9.95. The van der Waals surface area contributed by atoms with Gasteiger partial charge in [-0.05, 0) is 67.0 Å². The maximum Gasteiger partial charge on any atom is 0.321 e. The summed E-state index contributed by atoms with van der Waals surface area (Å²) in [5.74, 6) is -1.06. The number of carbonyl (C=O) groups is 4. The second kappa shape index (κ2) is 20.5. The van der Waals surface area contributed by atoms with Gasteiger partial charge in [-0.2, -0.15) is 0 Å².